The molecule has 16 heteroatoms. The Morgan fingerprint density at radius 1 is 0.937 bits per heavy atom. The van der Waals surface area contributed by atoms with Crippen molar-refractivity contribution < 1.29 is 24.3 Å². The minimum Gasteiger partial charge on any atom is -0.507 e. The maximum Gasteiger partial charge on any atom is 0.243 e. The number of phenols is 1. The summed E-state index contributed by atoms with van der Waals surface area (Å²) in [5, 5.41) is 37.5. The third-order valence-corrected chi connectivity index (χ3v) is 13.6. The quantitative estimate of drug-likeness (QED) is 0.114. The van der Waals surface area contributed by atoms with Gasteiger partial charge < -0.3 is 34.4 Å². The zero-order chi connectivity index (χ0) is 43.4. The topological polar surface area (TPSA) is 189 Å². The second-order valence-electron chi connectivity index (χ2n) is 17.3. The van der Waals surface area contributed by atoms with E-state index in [0.717, 1.165) is 70.9 Å². The van der Waals surface area contributed by atoms with Crippen molar-refractivity contribution in [1.82, 2.24) is 45.1 Å². The van der Waals surface area contributed by atoms with Crippen LogP contribution in [0.1, 0.15) is 80.1 Å². The largest absolute Gasteiger partial charge is 0.507 e. The standard InChI is InChI=1S/C47H48N10O5S/c1-26(2)44(47(61)56-24-32(58)16-40(56)46(60)50-20-28-8-10-29(11-9-28)45-27(3)51-25-63-45)42-19-35(54-62-42)37-21-49-43(22-48-37)55-15-14-30(23-55)38-18-36-39(57(38)31-12-13-31)17-34(52-53-36)33-6-4-5-7-41(33)59/h4-11,17-19,21-22,25-26,30-32,40,44,58-59H,12-16,20,23-24H2,1-3H3,(H,50,60)/t30-,32-,40+,44-/m1/s1. The molecule has 3 N–H and O–H groups in total. The zero-order valence-electron chi connectivity index (χ0n) is 35.3. The molecule has 4 atom stereocenters. The summed E-state index contributed by atoms with van der Waals surface area (Å²) in [6.45, 7) is 7.75. The lowest BCUT2D eigenvalue weighted by molar-refractivity contribution is -0.141. The first-order valence-corrected chi connectivity index (χ1v) is 22.4. The third-order valence-electron chi connectivity index (χ3n) is 12.6. The number of aliphatic hydroxyl groups excluding tert-OH is 1. The van der Waals surface area contributed by atoms with Gasteiger partial charge in [0.2, 0.25) is 11.8 Å². The smallest absolute Gasteiger partial charge is 0.243 e. The molecule has 63 heavy (non-hydrogen) atoms. The summed E-state index contributed by atoms with van der Waals surface area (Å²) in [6, 6.07) is 20.7. The minimum absolute atomic E-state index is 0.0475. The summed E-state index contributed by atoms with van der Waals surface area (Å²) in [7, 11) is 0. The fourth-order valence-electron chi connectivity index (χ4n) is 9.18. The van der Waals surface area contributed by atoms with Crippen molar-refractivity contribution in [1.29, 1.82) is 0 Å². The summed E-state index contributed by atoms with van der Waals surface area (Å²) in [5.74, 6) is 0.0107. The van der Waals surface area contributed by atoms with Crippen molar-refractivity contribution in [3.8, 4) is 38.8 Å². The number of β-amino-alcohol motifs (C(OH)–C–C–N with tert-alkyl or cyclic N) is 1. The first-order chi connectivity index (χ1) is 30.6. The van der Waals surface area contributed by atoms with E-state index in [0.29, 0.717) is 34.4 Å². The second-order valence-corrected chi connectivity index (χ2v) is 18.1. The highest BCUT2D eigenvalue weighted by Crippen LogP contribution is 2.44. The van der Waals surface area contributed by atoms with Gasteiger partial charge >= 0.3 is 0 Å². The van der Waals surface area contributed by atoms with Crippen molar-refractivity contribution in [2.45, 2.75) is 83.0 Å². The lowest BCUT2D eigenvalue weighted by atomic mass is 9.91. The molecule has 3 aliphatic rings. The van der Waals surface area contributed by atoms with Crippen molar-refractivity contribution >= 4 is 40.0 Å². The van der Waals surface area contributed by atoms with Gasteiger partial charge in [-0.15, -0.1) is 21.5 Å². The maximum absolute atomic E-state index is 14.3. The number of carbonyl (C=O) groups is 2. The Morgan fingerprint density at radius 2 is 1.76 bits per heavy atom. The Morgan fingerprint density at radius 3 is 2.49 bits per heavy atom. The fourth-order valence-corrected chi connectivity index (χ4v) is 9.99. The van der Waals surface area contributed by atoms with Crippen LogP contribution < -0.4 is 10.2 Å². The van der Waals surface area contributed by atoms with Crippen molar-refractivity contribution in [2.75, 3.05) is 24.5 Å². The van der Waals surface area contributed by atoms with E-state index >= 15 is 0 Å². The number of aliphatic hydroxyl groups is 1. The lowest BCUT2D eigenvalue weighted by Crippen LogP contribution is -2.48. The Bertz CT molecular complexity index is 2800. The van der Waals surface area contributed by atoms with Crippen LogP contribution in [-0.4, -0.2) is 93.6 Å². The number of carbonyl (C=O) groups excluding carboxylic acids is 2. The van der Waals surface area contributed by atoms with E-state index in [4.69, 9.17) is 14.5 Å². The lowest BCUT2D eigenvalue weighted by Gasteiger charge is -2.28. The highest BCUT2D eigenvalue weighted by Gasteiger charge is 2.43. The number of likely N-dealkylation sites (tertiary alicyclic amines) is 1. The van der Waals surface area contributed by atoms with Gasteiger partial charge in [-0.3, -0.25) is 9.59 Å². The van der Waals surface area contributed by atoms with E-state index in [-0.39, 0.29) is 48.9 Å². The van der Waals surface area contributed by atoms with E-state index in [1.54, 1.807) is 41.9 Å². The number of nitrogens with one attached hydrogen (secondary N) is 1. The Hall–Kier alpha value is -6.52. The Kier molecular flexibility index (Phi) is 10.7. The number of fused-ring (bicyclic) bond motifs is 1. The SMILES string of the molecule is Cc1ncsc1-c1ccc(CNC(=O)[C@@H]2C[C@@H](O)CN2C(=O)[C@@H](c2cc(-c3cnc(N4CC[C@@H](c5cc6nnc(-c7ccccc7O)cc6n5C5CC5)C4)cn3)no2)C(C)C)cc1. The molecule has 1 aliphatic carbocycles. The predicted octanol–water partition coefficient (Wildman–Crippen LogP) is 7.03. The van der Waals surface area contributed by atoms with Gasteiger partial charge in [-0.25, -0.2) is 15.0 Å². The molecule has 7 heterocycles. The van der Waals surface area contributed by atoms with Crippen molar-refractivity contribution in [3.05, 3.63) is 107 Å². The number of anilines is 1. The molecule has 10 rings (SSSR count). The summed E-state index contributed by atoms with van der Waals surface area (Å²) in [5.41, 5.74) is 10.2. The molecule has 0 spiro atoms. The number of para-hydroxylation sites is 1. The molecule has 2 amide bonds. The molecule has 7 aromatic rings. The van der Waals surface area contributed by atoms with Gasteiger partial charge in [0, 0.05) is 61.9 Å². The normalized spacial score (nSPS) is 19.3. The summed E-state index contributed by atoms with van der Waals surface area (Å²) < 4.78 is 8.25. The molecule has 0 radical (unpaired) electrons. The van der Waals surface area contributed by atoms with E-state index in [2.05, 4.69) is 41.2 Å². The van der Waals surface area contributed by atoms with Gasteiger partial charge in [0.15, 0.2) is 0 Å². The van der Waals surface area contributed by atoms with Crippen molar-refractivity contribution in [3.63, 3.8) is 0 Å². The Balaban J connectivity index is 0.801. The van der Waals surface area contributed by atoms with Gasteiger partial charge in [0.05, 0.1) is 45.8 Å². The molecule has 2 aromatic carbocycles. The molecule has 0 unspecified atom stereocenters. The molecule has 2 aliphatic heterocycles. The molecule has 2 saturated heterocycles. The molecule has 0 bridgehead atoms. The van der Waals surface area contributed by atoms with Gasteiger partial charge in [0.1, 0.15) is 46.2 Å². The number of amides is 2. The summed E-state index contributed by atoms with van der Waals surface area (Å²) in [6.07, 6.45) is 5.94. The summed E-state index contributed by atoms with van der Waals surface area (Å²) in [4.78, 5) is 46.5. The average Bonchev–Trinajstić information content (AvgIpc) is 3.80. The van der Waals surface area contributed by atoms with Crippen LogP contribution >= 0.6 is 11.3 Å². The van der Waals surface area contributed by atoms with Gasteiger partial charge in [-0.2, -0.15) is 0 Å². The monoisotopic (exact) mass is 864 g/mol. The van der Waals surface area contributed by atoms with Gasteiger partial charge in [-0.1, -0.05) is 55.4 Å². The van der Waals surface area contributed by atoms with Crippen LogP contribution in [0.5, 0.6) is 5.75 Å². The van der Waals surface area contributed by atoms with E-state index in [9.17, 15) is 19.8 Å². The highest BCUT2D eigenvalue weighted by atomic mass is 32.1. The molecule has 1 saturated carbocycles. The highest BCUT2D eigenvalue weighted by molar-refractivity contribution is 7.13. The Labute approximate surface area is 367 Å². The number of hydrogen-bond donors (Lipinski definition) is 3. The van der Waals surface area contributed by atoms with Crippen LogP contribution in [-0.2, 0) is 16.1 Å². The summed E-state index contributed by atoms with van der Waals surface area (Å²) >= 11 is 1.59. The molecule has 5 aromatic heterocycles. The molecule has 3 fully saturated rings. The molecular weight excluding hydrogens is 817 g/mol. The van der Waals surface area contributed by atoms with E-state index < -0.39 is 18.1 Å². The van der Waals surface area contributed by atoms with Crippen LogP contribution in [0.4, 0.5) is 5.82 Å². The number of hydrogen-bond acceptors (Lipinski definition) is 13. The van der Waals surface area contributed by atoms with Crippen LogP contribution in [0.25, 0.3) is 44.1 Å². The number of thiazole rings is 1. The number of aromatic hydroxyl groups is 1. The maximum atomic E-state index is 14.3. The van der Waals surface area contributed by atoms with E-state index in [1.807, 2.05) is 68.7 Å². The number of phenolic OH excluding ortho intramolecular Hbond substituents is 1. The van der Waals surface area contributed by atoms with Crippen molar-refractivity contribution in [2.24, 2.45) is 5.92 Å². The predicted molar refractivity (Wildman–Crippen MR) is 238 cm³/mol. The van der Waals surface area contributed by atoms with E-state index in [1.165, 1.54) is 10.6 Å². The first-order valence-electron chi connectivity index (χ1n) is 21.6. The van der Waals surface area contributed by atoms with Crippen LogP contribution in [0.3, 0.4) is 0 Å². The minimum atomic E-state index is -0.827. The fraction of sp³-hybridized carbons (Fsp3) is 0.362. The average molecular weight is 865 g/mol. The molecule has 15 nitrogen and oxygen atoms in total. The number of benzene rings is 2. The molecule has 322 valence electrons. The van der Waals surface area contributed by atoms with Gasteiger partial charge in [-0.05, 0) is 67.5 Å². The van der Waals surface area contributed by atoms with Gasteiger partial charge in [0.25, 0.3) is 0 Å². The third kappa shape index (κ3) is 7.93. The molecular formula is C47H48N10O5S. The zero-order valence-corrected chi connectivity index (χ0v) is 36.1. The number of aryl methyl sites for hydroxylation is 1. The van der Waals surface area contributed by atoms with Crippen LogP contribution in [0.2, 0.25) is 0 Å². The second kappa shape index (κ2) is 16.6. The first kappa shape index (κ1) is 40.5. The van der Waals surface area contributed by atoms with Crippen LogP contribution in [0.15, 0.2) is 89.2 Å². The number of aromatic nitrogens is 7. The number of nitrogens with zero attached hydrogens (tertiary/aromatic N) is 9. The van der Waals surface area contributed by atoms with Crippen LogP contribution in [0, 0.1) is 12.8 Å². The number of rotatable bonds is 12.